The van der Waals surface area contributed by atoms with Crippen LogP contribution < -0.4 is 15.8 Å². The first-order valence-electron chi connectivity index (χ1n) is 10.0. The summed E-state index contributed by atoms with van der Waals surface area (Å²) in [4.78, 5) is 27.1. The Morgan fingerprint density at radius 3 is 2.73 bits per heavy atom. The second kappa shape index (κ2) is 9.13. The van der Waals surface area contributed by atoms with E-state index in [0.29, 0.717) is 29.6 Å². The first kappa shape index (κ1) is 20.2. The van der Waals surface area contributed by atoms with Crippen molar-refractivity contribution in [3.05, 3.63) is 87.7 Å². The molecule has 3 aromatic rings. The van der Waals surface area contributed by atoms with E-state index >= 15 is 0 Å². The molecule has 2 heterocycles. The predicted molar refractivity (Wildman–Crippen MR) is 118 cm³/mol. The van der Waals surface area contributed by atoms with Crippen molar-refractivity contribution < 1.29 is 4.79 Å². The predicted octanol–water partition coefficient (Wildman–Crippen LogP) is 3.42. The fourth-order valence-corrected chi connectivity index (χ4v) is 3.88. The van der Waals surface area contributed by atoms with Gasteiger partial charge in [-0.1, -0.05) is 48.0 Å². The lowest BCUT2D eigenvalue weighted by molar-refractivity contribution is -0.125. The highest BCUT2D eigenvalue weighted by Crippen LogP contribution is 2.22. The average molecular weight is 423 g/mol. The van der Waals surface area contributed by atoms with E-state index in [4.69, 9.17) is 11.6 Å². The van der Waals surface area contributed by atoms with Crippen molar-refractivity contribution >= 4 is 23.3 Å². The molecule has 4 rings (SSSR count). The van der Waals surface area contributed by atoms with Crippen LogP contribution in [0.5, 0.6) is 0 Å². The molecule has 1 aliphatic heterocycles. The maximum Gasteiger partial charge on any atom is 0.271 e. The van der Waals surface area contributed by atoms with Crippen LogP contribution >= 0.6 is 11.6 Å². The lowest BCUT2D eigenvalue weighted by Crippen LogP contribution is -2.43. The molecule has 30 heavy (non-hydrogen) atoms. The summed E-state index contributed by atoms with van der Waals surface area (Å²) in [5.74, 6) is 0.609. The van der Waals surface area contributed by atoms with Crippen LogP contribution in [-0.2, 0) is 11.3 Å². The number of rotatable bonds is 5. The van der Waals surface area contributed by atoms with Gasteiger partial charge in [-0.25, -0.2) is 0 Å². The number of amides is 1. The Morgan fingerprint density at radius 2 is 1.93 bits per heavy atom. The van der Waals surface area contributed by atoms with Gasteiger partial charge in [0.15, 0.2) is 0 Å². The van der Waals surface area contributed by atoms with Gasteiger partial charge in [0.05, 0.1) is 11.6 Å². The normalized spacial score (nSPS) is 16.3. The Labute approximate surface area is 180 Å². The van der Waals surface area contributed by atoms with Crippen LogP contribution in [0.25, 0.3) is 5.69 Å². The molecule has 0 saturated carbocycles. The summed E-state index contributed by atoms with van der Waals surface area (Å²) in [5.41, 5.74) is 1.47. The molecule has 1 aliphatic rings. The largest absolute Gasteiger partial charge is 0.354 e. The molecule has 1 aromatic heterocycles. The number of carbonyl (C=O) groups is 1. The van der Waals surface area contributed by atoms with Gasteiger partial charge >= 0.3 is 0 Å². The van der Waals surface area contributed by atoms with Gasteiger partial charge in [-0.15, -0.1) is 5.10 Å². The zero-order valence-electron chi connectivity index (χ0n) is 16.5. The number of nitrogens with zero attached hydrogens (tertiary/aromatic N) is 3. The standard InChI is InChI=1S/C23H23ClN4O2/c24-19-9-4-10-20(14-19)28-22(29)12-11-21(26-28)27-13-5-8-18(16-27)23(30)25-15-17-6-2-1-3-7-17/h1-4,6-7,9-12,14,18H,5,8,13,15-16H2,(H,25,30). The van der Waals surface area contributed by atoms with E-state index in [9.17, 15) is 9.59 Å². The second-order valence-corrected chi connectivity index (χ2v) is 7.85. The van der Waals surface area contributed by atoms with Gasteiger partial charge in [-0.2, -0.15) is 4.68 Å². The van der Waals surface area contributed by atoms with E-state index < -0.39 is 0 Å². The van der Waals surface area contributed by atoms with Crippen LogP contribution in [0.4, 0.5) is 5.82 Å². The third-order valence-electron chi connectivity index (χ3n) is 5.26. The fourth-order valence-electron chi connectivity index (χ4n) is 3.69. The molecule has 0 bridgehead atoms. The van der Waals surface area contributed by atoms with Crippen LogP contribution in [0.15, 0.2) is 71.5 Å². The van der Waals surface area contributed by atoms with Crippen molar-refractivity contribution in [3.63, 3.8) is 0 Å². The summed E-state index contributed by atoms with van der Waals surface area (Å²) in [6.45, 7) is 1.89. The van der Waals surface area contributed by atoms with Crippen molar-refractivity contribution in [3.8, 4) is 5.69 Å². The molecule has 0 radical (unpaired) electrons. The van der Waals surface area contributed by atoms with E-state index in [2.05, 4.69) is 15.3 Å². The van der Waals surface area contributed by atoms with Crippen LogP contribution in [-0.4, -0.2) is 28.8 Å². The van der Waals surface area contributed by atoms with Crippen molar-refractivity contribution in [2.24, 2.45) is 5.92 Å². The summed E-state index contributed by atoms with van der Waals surface area (Å²) in [5, 5.41) is 8.11. The molecule has 1 amide bonds. The Bertz CT molecular complexity index is 1080. The highest BCUT2D eigenvalue weighted by atomic mass is 35.5. The summed E-state index contributed by atoms with van der Waals surface area (Å²) in [6, 6.07) is 20.1. The molecule has 154 valence electrons. The molecule has 2 aromatic carbocycles. The molecule has 6 nitrogen and oxygen atoms in total. The topological polar surface area (TPSA) is 67.2 Å². The first-order chi connectivity index (χ1) is 14.6. The molecule has 0 spiro atoms. The highest BCUT2D eigenvalue weighted by molar-refractivity contribution is 6.30. The van der Waals surface area contributed by atoms with Gasteiger partial charge in [-0.3, -0.25) is 9.59 Å². The Kier molecular flexibility index (Phi) is 6.14. The zero-order valence-corrected chi connectivity index (χ0v) is 17.3. The van der Waals surface area contributed by atoms with Gasteiger partial charge in [0, 0.05) is 30.7 Å². The molecule has 0 aliphatic carbocycles. The molecule has 1 saturated heterocycles. The van der Waals surface area contributed by atoms with E-state index in [1.54, 1.807) is 30.3 Å². The molecule has 1 N–H and O–H groups in total. The summed E-state index contributed by atoms with van der Waals surface area (Å²) < 4.78 is 1.35. The molecular weight excluding hydrogens is 400 g/mol. The zero-order chi connectivity index (χ0) is 20.9. The summed E-state index contributed by atoms with van der Waals surface area (Å²) in [7, 11) is 0. The summed E-state index contributed by atoms with van der Waals surface area (Å²) in [6.07, 6.45) is 1.73. The molecule has 7 heteroatoms. The Morgan fingerprint density at radius 1 is 1.10 bits per heavy atom. The van der Waals surface area contributed by atoms with Gasteiger partial charge in [-0.05, 0) is 42.7 Å². The number of carbonyl (C=O) groups excluding carboxylic acids is 1. The highest BCUT2D eigenvalue weighted by Gasteiger charge is 2.26. The molecule has 1 atom stereocenters. The van der Waals surface area contributed by atoms with Gasteiger partial charge in [0.2, 0.25) is 5.91 Å². The molecule has 1 unspecified atom stereocenters. The van der Waals surface area contributed by atoms with E-state index in [1.165, 1.54) is 10.7 Å². The first-order valence-corrected chi connectivity index (χ1v) is 10.4. The second-order valence-electron chi connectivity index (χ2n) is 7.41. The number of hydrogen-bond donors (Lipinski definition) is 1. The molecule has 1 fully saturated rings. The van der Waals surface area contributed by atoms with Gasteiger partial charge < -0.3 is 10.2 Å². The van der Waals surface area contributed by atoms with Crippen molar-refractivity contribution in [1.82, 2.24) is 15.1 Å². The monoisotopic (exact) mass is 422 g/mol. The van der Waals surface area contributed by atoms with Crippen LogP contribution in [0, 0.1) is 5.92 Å². The van der Waals surface area contributed by atoms with Gasteiger partial charge in [0.25, 0.3) is 5.56 Å². The fraction of sp³-hybridized carbons (Fsp3) is 0.261. The smallest absolute Gasteiger partial charge is 0.271 e. The SMILES string of the molecule is O=C(NCc1ccccc1)C1CCCN(c2ccc(=O)n(-c3cccc(Cl)c3)n2)C1. The van der Waals surface area contributed by atoms with Gasteiger partial charge in [0.1, 0.15) is 5.82 Å². The van der Waals surface area contributed by atoms with E-state index in [1.807, 2.05) is 30.3 Å². The van der Waals surface area contributed by atoms with Crippen LogP contribution in [0.2, 0.25) is 5.02 Å². The number of halogens is 1. The number of anilines is 1. The maximum atomic E-state index is 12.7. The third-order valence-corrected chi connectivity index (χ3v) is 5.50. The lowest BCUT2D eigenvalue weighted by Gasteiger charge is -2.33. The Balaban J connectivity index is 1.47. The number of hydrogen-bond acceptors (Lipinski definition) is 4. The van der Waals surface area contributed by atoms with Crippen LogP contribution in [0.3, 0.4) is 0 Å². The lowest BCUT2D eigenvalue weighted by atomic mass is 9.97. The Hall–Kier alpha value is -3.12. The minimum atomic E-state index is -0.227. The summed E-state index contributed by atoms with van der Waals surface area (Å²) >= 11 is 6.07. The number of nitrogens with one attached hydrogen (secondary N) is 1. The number of aromatic nitrogens is 2. The minimum absolute atomic E-state index is 0.0479. The van der Waals surface area contributed by atoms with Crippen molar-refractivity contribution in [1.29, 1.82) is 0 Å². The van der Waals surface area contributed by atoms with Crippen LogP contribution in [0.1, 0.15) is 18.4 Å². The quantitative estimate of drug-likeness (QED) is 0.684. The average Bonchev–Trinajstić information content (AvgIpc) is 2.78. The minimum Gasteiger partial charge on any atom is -0.354 e. The number of benzene rings is 2. The number of piperidine rings is 1. The van der Waals surface area contributed by atoms with Crippen molar-refractivity contribution in [2.45, 2.75) is 19.4 Å². The van der Waals surface area contributed by atoms with E-state index in [-0.39, 0.29) is 17.4 Å². The van der Waals surface area contributed by atoms with Crippen molar-refractivity contribution in [2.75, 3.05) is 18.0 Å². The third kappa shape index (κ3) is 4.71. The van der Waals surface area contributed by atoms with E-state index in [0.717, 1.165) is 24.9 Å². The maximum absolute atomic E-state index is 12.7. The molecular formula is C23H23ClN4O2.